The first-order valence-corrected chi connectivity index (χ1v) is 17.7. The normalized spacial score (nSPS) is 24.1. The molecule has 2 rings (SSSR count). The minimum Gasteiger partial charge on any atom is -0.377 e. The van der Waals surface area contributed by atoms with Crippen LogP contribution < -0.4 is 5.32 Å². The summed E-state index contributed by atoms with van der Waals surface area (Å²) in [7, 11) is -3.51. The van der Waals surface area contributed by atoms with Crippen molar-refractivity contribution in [1.29, 1.82) is 0 Å². The minimum absolute atomic E-state index is 0.00712. The van der Waals surface area contributed by atoms with Crippen molar-refractivity contribution in [2.24, 2.45) is 5.92 Å². The van der Waals surface area contributed by atoms with E-state index in [2.05, 4.69) is 11.6 Å². The van der Waals surface area contributed by atoms with Gasteiger partial charge in [-0.3, -0.25) is 14.4 Å². The SMILES string of the molecule is C=P(O)(OC[C@@H]1C[C@@H](OC(C)C)CN1C(=O)CCCC(=O)C(C)C)O[C@@H]1C[C@@H](COC(C)C)N(C(=O)CCNC(C)C)C1. The zero-order valence-electron chi connectivity index (χ0n) is 27.8. The first-order chi connectivity index (χ1) is 20.1. The zero-order valence-corrected chi connectivity index (χ0v) is 28.6. The number of carbonyl (C=O) groups is 3. The van der Waals surface area contributed by atoms with Crippen molar-refractivity contribution >= 4 is 31.5 Å². The average Bonchev–Trinajstić information content (AvgIpc) is 3.48. The van der Waals surface area contributed by atoms with Gasteiger partial charge < -0.3 is 38.5 Å². The lowest BCUT2D eigenvalue weighted by molar-refractivity contribution is -0.134. The molecule has 0 radical (unpaired) electrons. The number of nitrogens with zero attached hydrogens (tertiary/aromatic N) is 2. The molecule has 250 valence electrons. The molecular formula is C31H58N3O8P. The van der Waals surface area contributed by atoms with E-state index in [4.69, 9.17) is 18.5 Å². The molecule has 0 bridgehead atoms. The third-order valence-electron chi connectivity index (χ3n) is 7.61. The second-order valence-electron chi connectivity index (χ2n) is 13.1. The van der Waals surface area contributed by atoms with E-state index in [1.54, 1.807) is 9.80 Å². The predicted molar refractivity (Wildman–Crippen MR) is 170 cm³/mol. The molecule has 0 aromatic carbocycles. The van der Waals surface area contributed by atoms with Crippen LogP contribution in [0.15, 0.2) is 0 Å². The molecule has 2 fully saturated rings. The fourth-order valence-electron chi connectivity index (χ4n) is 5.46. The number of likely N-dealkylation sites (tertiary alicyclic amines) is 2. The van der Waals surface area contributed by atoms with Crippen molar-refractivity contribution in [2.75, 3.05) is 32.8 Å². The summed E-state index contributed by atoms with van der Waals surface area (Å²) in [5.74, 6) is 0.0544. The van der Waals surface area contributed by atoms with Gasteiger partial charge >= 0.3 is 0 Å². The molecule has 2 aliphatic heterocycles. The van der Waals surface area contributed by atoms with Crippen LogP contribution in [0.2, 0.25) is 0 Å². The molecule has 2 aliphatic rings. The zero-order chi connectivity index (χ0) is 32.3. The van der Waals surface area contributed by atoms with E-state index in [-0.39, 0.29) is 73.0 Å². The van der Waals surface area contributed by atoms with Crippen LogP contribution in [0.1, 0.15) is 93.9 Å². The van der Waals surface area contributed by atoms with Gasteiger partial charge in [-0.25, -0.2) is 0 Å². The minimum atomic E-state index is -3.51. The van der Waals surface area contributed by atoms with E-state index in [0.29, 0.717) is 58.3 Å². The van der Waals surface area contributed by atoms with E-state index in [9.17, 15) is 19.3 Å². The number of amides is 2. The molecular weight excluding hydrogens is 573 g/mol. The molecule has 1 unspecified atom stereocenters. The second-order valence-corrected chi connectivity index (χ2v) is 14.8. The van der Waals surface area contributed by atoms with Crippen LogP contribution in [0.4, 0.5) is 0 Å². The van der Waals surface area contributed by atoms with E-state index in [1.165, 1.54) is 0 Å². The van der Waals surface area contributed by atoms with Crippen LogP contribution in [-0.2, 0) is 32.9 Å². The Morgan fingerprint density at radius 3 is 2.02 bits per heavy atom. The van der Waals surface area contributed by atoms with Crippen LogP contribution in [0.25, 0.3) is 0 Å². The summed E-state index contributed by atoms with van der Waals surface area (Å²) < 4.78 is 23.7. The molecule has 2 amide bonds. The monoisotopic (exact) mass is 631 g/mol. The third kappa shape index (κ3) is 13.7. The first kappa shape index (κ1) is 37.9. The van der Waals surface area contributed by atoms with Crippen LogP contribution >= 0.6 is 7.57 Å². The fourth-order valence-corrected chi connectivity index (χ4v) is 6.55. The molecule has 5 atom stereocenters. The van der Waals surface area contributed by atoms with Crippen molar-refractivity contribution in [3.8, 4) is 0 Å². The largest absolute Gasteiger partial charge is 0.377 e. The van der Waals surface area contributed by atoms with Crippen LogP contribution in [-0.4, -0.2) is 114 Å². The summed E-state index contributed by atoms with van der Waals surface area (Å²) in [6.45, 7) is 17.4. The highest BCUT2D eigenvalue weighted by Crippen LogP contribution is 2.46. The summed E-state index contributed by atoms with van der Waals surface area (Å²) in [4.78, 5) is 52.8. The molecule has 12 heteroatoms. The van der Waals surface area contributed by atoms with Gasteiger partial charge in [0.05, 0.1) is 49.7 Å². The van der Waals surface area contributed by atoms with Crippen molar-refractivity contribution in [3.63, 3.8) is 0 Å². The van der Waals surface area contributed by atoms with Gasteiger partial charge in [-0.05, 0) is 53.3 Å². The van der Waals surface area contributed by atoms with Crippen LogP contribution in [0, 0.1) is 5.92 Å². The van der Waals surface area contributed by atoms with Crippen LogP contribution in [0.3, 0.4) is 0 Å². The lowest BCUT2D eigenvalue weighted by atomic mass is 10.0. The van der Waals surface area contributed by atoms with Gasteiger partial charge in [0.1, 0.15) is 5.78 Å². The Hall–Kier alpha value is -1.33. The second kappa shape index (κ2) is 18.0. The number of hydrogen-bond acceptors (Lipinski definition) is 9. The maximum absolute atomic E-state index is 13.1. The highest BCUT2D eigenvalue weighted by molar-refractivity contribution is 7.58. The molecule has 0 aliphatic carbocycles. The van der Waals surface area contributed by atoms with Gasteiger partial charge in [0.25, 0.3) is 0 Å². The molecule has 43 heavy (non-hydrogen) atoms. The molecule has 2 saturated heterocycles. The molecule has 0 spiro atoms. The van der Waals surface area contributed by atoms with E-state index in [0.717, 1.165) is 0 Å². The number of ether oxygens (including phenoxy) is 2. The Morgan fingerprint density at radius 1 is 0.860 bits per heavy atom. The molecule has 11 nitrogen and oxygen atoms in total. The number of nitrogens with one attached hydrogen (secondary N) is 1. The number of Topliss-reactive ketones (excluding diaryl/α,β-unsaturated/α-hetero) is 1. The number of rotatable bonds is 19. The Labute approximate surface area is 259 Å². The number of ketones is 1. The van der Waals surface area contributed by atoms with Gasteiger partial charge in [0.2, 0.25) is 19.4 Å². The van der Waals surface area contributed by atoms with Gasteiger partial charge in [0.15, 0.2) is 0 Å². The molecule has 2 N–H and O–H groups in total. The molecule has 0 aromatic rings. The number of carbonyl (C=O) groups excluding carboxylic acids is 3. The Bertz CT molecular complexity index is 944. The number of hydrogen-bond donors (Lipinski definition) is 2. The summed E-state index contributed by atoms with van der Waals surface area (Å²) >= 11 is 0. The maximum atomic E-state index is 13.1. The highest BCUT2D eigenvalue weighted by Gasteiger charge is 2.40. The summed E-state index contributed by atoms with van der Waals surface area (Å²) in [6, 6.07) is -0.187. The van der Waals surface area contributed by atoms with Crippen molar-refractivity contribution < 1.29 is 37.8 Å². The first-order valence-electron chi connectivity index (χ1n) is 16.0. The third-order valence-corrected chi connectivity index (χ3v) is 8.79. The lowest BCUT2D eigenvalue weighted by Crippen LogP contribution is -2.40. The summed E-state index contributed by atoms with van der Waals surface area (Å²) in [6.07, 6.45) is 5.87. The lowest BCUT2D eigenvalue weighted by Gasteiger charge is -2.28. The Balaban J connectivity index is 1.99. The van der Waals surface area contributed by atoms with Crippen molar-refractivity contribution in [1.82, 2.24) is 15.1 Å². The summed E-state index contributed by atoms with van der Waals surface area (Å²) in [5, 5.41) is 3.28. The average molecular weight is 632 g/mol. The maximum Gasteiger partial charge on any atom is 0.248 e. The fraction of sp³-hybridized carbons (Fsp3) is 0.871. The van der Waals surface area contributed by atoms with E-state index >= 15 is 0 Å². The van der Waals surface area contributed by atoms with E-state index < -0.39 is 13.7 Å². The Morgan fingerprint density at radius 2 is 1.44 bits per heavy atom. The van der Waals surface area contributed by atoms with Gasteiger partial charge in [0, 0.05) is 50.9 Å². The summed E-state index contributed by atoms with van der Waals surface area (Å²) in [5.41, 5.74) is 0. The molecule has 0 aromatic heterocycles. The van der Waals surface area contributed by atoms with Gasteiger partial charge in [-0.2, -0.15) is 0 Å². The van der Waals surface area contributed by atoms with Crippen LogP contribution in [0.5, 0.6) is 0 Å². The van der Waals surface area contributed by atoms with Gasteiger partial charge in [-0.1, -0.05) is 27.7 Å². The molecule has 0 saturated carbocycles. The van der Waals surface area contributed by atoms with Crippen molar-refractivity contribution in [2.45, 2.75) is 136 Å². The smallest absolute Gasteiger partial charge is 0.248 e. The predicted octanol–water partition coefficient (Wildman–Crippen LogP) is 3.78. The standard InChI is InChI=1S/C31H58N3O8P/c1-21(2)29(35)11-10-12-30(36)33-17-27(41-24(7)8)15-26(33)20-40-43(9,38)42-28-16-25(19-39-23(5)6)34(18-28)31(37)13-14-32-22(3)4/h21-28,32,38H,9-20H2,1-8H3/t25-,26-,27+,28+,43?/m0/s1. The molecule has 2 heterocycles. The topological polar surface area (TPSA) is 127 Å². The highest BCUT2D eigenvalue weighted by atomic mass is 31.2. The van der Waals surface area contributed by atoms with Gasteiger partial charge in [-0.15, -0.1) is 0 Å². The van der Waals surface area contributed by atoms with Crippen molar-refractivity contribution in [3.05, 3.63) is 0 Å². The van der Waals surface area contributed by atoms with E-state index in [1.807, 2.05) is 55.4 Å². The quantitative estimate of drug-likeness (QED) is 0.205. The Kier molecular flexibility index (Phi) is 15.8.